The summed E-state index contributed by atoms with van der Waals surface area (Å²) in [5, 5.41) is 11.3. The zero-order chi connectivity index (χ0) is 25.9. The molecule has 188 valence electrons. The number of benzene rings is 2. The third-order valence-electron chi connectivity index (χ3n) is 5.86. The fourth-order valence-corrected chi connectivity index (χ4v) is 4.14. The van der Waals surface area contributed by atoms with E-state index in [0.717, 1.165) is 16.8 Å². The number of likely N-dealkylation sites (tertiary alicyclic amines) is 1. The summed E-state index contributed by atoms with van der Waals surface area (Å²) in [4.78, 5) is 29.7. The number of nitrogens with zero attached hydrogens (tertiary/aromatic N) is 2. The number of amides is 1. The molecule has 2 aromatic rings. The number of anilines is 1. The molecule has 1 aliphatic rings. The van der Waals surface area contributed by atoms with Crippen molar-refractivity contribution < 1.29 is 24.2 Å². The van der Waals surface area contributed by atoms with Crippen LogP contribution in [0.4, 0.5) is 5.69 Å². The topological polar surface area (TPSA) is 79.3 Å². The van der Waals surface area contributed by atoms with E-state index < -0.39 is 17.7 Å². The van der Waals surface area contributed by atoms with Gasteiger partial charge >= 0.3 is 0 Å². The molecule has 3 rings (SSSR count). The molecule has 0 saturated carbocycles. The zero-order valence-corrected chi connectivity index (χ0v) is 21.7. The SMILES string of the molecule is Cc1cc(/C(O)=C2/C(=O)C(=O)N(CCOC(C)C)C2c2ccc(N(C)C)cc2)ccc1OC(C)C. The van der Waals surface area contributed by atoms with Crippen molar-refractivity contribution in [2.45, 2.75) is 52.9 Å². The van der Waals surface area contributed by atoms with Crippen molar-refractivity contribution >= 4 is 23.1 Å². The molecule has 1 fully saturated rings. The molecule has 0 radical (unpaired) electrons. The number of carbonyl (C=O) groups is 2. The van der Waals surface area contributed by atoms with Crippen molar-refractivity contribution in [3.8, 4) is 5.75 Å². The number of ketones is 1. The first-order chi connectivity index (χ1) is 16.5. The van der Waals surface area contributed by atoms with Crippen molar-refractivity contribution in [2.24, 2.45) is 0 Å². The van der Waals surface area contributed by atoms with E-state index in [9.17, 15) is 14.7 Å². The minimum absolute atomic E-state index is 0.000746. The van der Waals surface area contributed by atoms with Gasteiger partial charge in [-0.3, -0.25) is 9.59 Å². The lowest BCUT2D eigenvalue weighted by Crippen LogP contribution is -2.33. The Kier molecular flexibility index (Phi) is 8.22. The summed E-state index contributed by atoms with van der Waals surface area (Å²) in [5.74, 6) is -0.832. The lowest BCUT2D eigenvalue weighted by molar-refractivity contribution is -0.140. The maximum atomic E-state index is 13.2. The van der Waals surface area contributed by atoms with E-state index in [-0.39, 0.29) is 36.7 Å². The highest BCUT2D eigenvalue weighted by molar-refractivity contribution is 6.46. The second-order valence-electron chi connectivity index (χ2n) is 9.54. The molecule has 7 nitrogen and oxygen atoms in total. The van der Waals surface area contributed by atoms with Gasteiger partial charge in [0.25, 0.3) is 11.7 Å². The Balaban J connectivity index is 2.08. The van der Waals surface area contributed by atoms with Crippen LogP contribution in [0, 0.1) is 6.92 Å². The van der Waals surface area contributed by atoms with E-state index in [4.69, 9.17) is 9.47 Å². The van der Waals surface area contributed by atoms with Gasteiger partial charge in [-0.2, -0.15) is 0 Å². The van der Waals surface area contributed by atoms with E-state index in [1.54, 1.807) is 18.2 Å². The highest BCUT2D eigenvalue weighted by Gasteiger charge is 2.46. The first-order valence-corrected chi connectivity index (χ1v) is 12.0. The summed E-state index contributed by atoms with van der Waals surface area (Å²) in [6.45, 7) is 10.1. The van der Waals surface area contributed by atoms with Gasteiger partial charge < -0.3 is 24.4 Å². The lowest BCUT2D eigenvalue weighted by Gasteiger charge is -2.26. The molecule has 1 saturated heterocycles. The normalized spacial score (nSPS) is 17.5. The Morgan fingerprint density at radius 1 is 1.03 bits per heavy atom. The Hall–Kier alpha value is -3.32. The molecule has 1 atom stereocenters. The fourth-order valence-electron chi connectivity index (χ4n) is 4.14. The maximum Gasteiger partial charge on any atom is 0.295 e. The predicted molar refractivity (Wildman–Crippen MR) is 138 cm³/mol. The molecule has 35 heavy (non-hydrogen) atoms. The monoisotopic (exact) mass is 480 g/mol. The minimum atomic E-state index is -0.714. The van der Waals surface area contributed by atoms with Crippen molar-refractivity contribution in [3.05, 3.63) is 64.7 Å². The van der Waals surface area contributed by atoms with Crippen molar-refractivity contribution in [2.75, 3.05) is 32.1 Å². The van der Waals surface area contributed by atoms with Crippen LogP contribution in [0.25, 0.3) is 5.76 Å². The Labute approximate surface area is 207 Å². The predicted octanol–water partition coefficient (Wildman–Crippen LogP) is 4.69. The summed E-state index contributed by atoms with van der Waals surface area (Å²) < 4.78 is 11.5. The summed E-state index contributed by atoms with van der Waals surface area (Å²) >= 11 is 0. The van der Waals surface area contributed by atoms with Crippen LogP contribution in [-0.4, -0.2) is 61.2 Å². The zero-order valence-electron chi connectivity index (χ0n) is 21.7. The second kappa shape index (κ2) is 11.0. The molecule has 1 aliphatic heterocycles. The van der Waals surface area contributed by atoms with Gasteiger partial charge in [-0.1, -0.05) is 12.1 Å². The van der Waals surface area contributed by atoms with E-state index in [1.807, 2.05) is 77.9 Å². The number of rotatable bonds is 9. The molecule has 1 unspecified atom stereocenters. The maximum absolute atomic E-state index is 13.2. The second-order valence-corrected chi connectivity index (χ2v) is 9.54. The Bertz CT molecular complexity index is 1100. The van der Waals surface area contributed by atoms with Crippen LogP contribution < -0.4 is 9.64 Å². The van der Waals surface area contributed by atoms with Crippen LogP contribution in [0.15, 0.2) is 48.0 Å². The molecule has 0 bridgehead atoms. The Morgan fingerprint density at radius 3 is 2.23 bits per heavy atom. The van der Waals surface area contributed by atoms with Gasteiger partial charge in [0.1, 0.15) is 11.5 Å². The van der Waals surface area contributed by atoms with Gasteiger partial charge in [0.2, 0.25) is 0 Å². The number of aliphatic hydroxyl groups is 1. The quantitative estimate of drug-likeness (QED) is 0.319. The summed E-state index contributed by atoms with van der Waals surface area (Å²) in [7, 11) is 3.89. The molecule has 1 N–H and O–H groups in total. The lowest BCUT2D eigenvalue weighted by atomic mass is 9.94. The van der Waals surface area contributed by atoms with Crippen molar-refractivity contribution in [1.29, 1.82) is 0 Å². The van der Waals surface area contributed by atoms with Crippen LogP contribution in [0.2, 0.25) is 0 Å². The first-order valence-electron chi connectivity index (χ1n) is 12.0. The number of carbonyl (C=O) groups excluding carboxylic acids is 2. The summed E-state index contributed by atoms with van der Waals surface area (Å²) in [6, 6.07) is 12.2. The van der Waals surface area contributed by atoms with E-state index in [1.165, 1.54) is 4.90 Å². The van der Waals surface area contributed by atoms with Crippen molar-refractivity contribution in [1.82, 2.24) is 4.90 Å². The van der Waals surface area contributed by atoms with Crippen LogP contribution in [0.5, 0.6) is 5.75 Å². The van der Waals surface area contributed by atoms with Gasteiger partial charge in [-0.15, -0.1) is 0 Å². The number of hydrogen-bond donors (Lipinski definition) is 1. The van der Waals surface area contributed by atoms with Crippen LogP contribution in [-0.2, 0) is 14.3 Å². The summed E-state index contributed by atoms with van der Waals surface area (Å²) in [6.07, 6.45) is 0.0101. The fraction of sp³-hybridized carbons (Fsp3) is 0.429. The van der Waals surface area contributed by atoms with Gasteiger partial charge in [0, 0.05) is 31.9 Å². The van der Waals surface area contributed by atoms with Crippen molar-refractivity contribution in [3.63, 3.8) is 0 Å². The summed E-state index contributed by atoms with van der Waals surface area (Å²) in [5.41, 5.74) is 3.11. The molecule has 1 heterocycles. The standard InChI is InChI=1S/C28H36N2O5/c1-17(2)34-15-14-30-25(20-8-11-22(12-9-20)29(6)7)24(27(32)28(30)33)26(31)21-10-13-23(19(5)16-21)35-18(3)4/h8-13,16-18,25,31H,14-15H2,1-7H3/b26-24-. The molecule has 0 spiro atoms. The molecule has 7 heteroatoms. The smallest absolute Gasteiger partial charge is 0.295 e. The molecular weight excluding hydrogens is 444 g/mol. The highest BCUT2D eigenvalue weighted by atomic mass is 16.5. The molecule has 0 aromatic heterocycles. The largest absolute Gasteiger partial charge is 0.507 e. The van der Waals surface area contributed by atoms with E-state index in [0.29, 0.717) is 11.3 Å². The number of Topliss-reactive ketones (excluding diaryl/α,β-unsaturated/α-hetero) is 1. The molecular formula is C28H36N2O5. The number of aryl methyl sites for hydroxylation is 1. The molecule has 2 aromatic carbocycles. The first kappa shape index (κ1) is 26.3. The highest BCUT2D eigenvalue weighted by Crippen LogP contribution is 2.40. The van der Waals surface area contributed by atoms with Crippen LogP contribution in [0.3, 0.4) is 0 Å². The van der Waals surface area contributed by atoms with Gasteiger partial charge in [-0.05, 0) is 76.1 Å². The van der Waals surface area contributed by atoms with Gasteiger partial charge in [0.05, 0.1) is 30.4 Å². The average molecular weight is 481 g/mol. The van der Waals surface area contributed by atoms with Crippen LogP contribution in [0.1, 0.15) is 50.4 Å². The van der Waals surface area contributed by atoms with Gasteiger partial charge in [-0.25, -0.2) is 0 Å². The Morgan fingerprint density at radius 2 is 1.69 bits per heavy atom. The average Bonchev–Trinajstić information content (AvgIpc) is 3.04. The van der Waals surface area contributed by atoms with Crippen LogP contribution >= 0.6 is 0 Å². The van der Waals surface area contributed by atoms with E-state index >= 15 is 0 Å². The van der Waals surface area contributed by atoms with E-state index in [2.05, 4.69) is 0 Å². The van der Waals surface area contributed by atoms with Gasteiger partial charge in [0.15, 0.2) is 0 Å². The number of aliphatic hydroxyl groups excluding tert-OH is 1. The minimum Gasteiger partial charge on any atom is -0.507 e. The number of ether oxygens (including phenoxy) is 2. The third-order valence-corrected chi connectivity index (χ3v) is 5.86. The third kappa shape index (κ3) is 5.85. The molecule has 1 amide bonds. The number of hydrogen-bond acceptors (Lipinski definition) is 6. The molecule has 0 aliphatic carbocycles.